The molecule has 7 atom stereocenters. The largest absolute Gasteiger partial charge is 0.393 e. The Bertz CT molecular complexity index is 556. The lowest BCUT2D eigenvalue weighted by molar-refractivity contribution is -0.127. The fourth-order valence-corrected chi connectivity index (χ4v) is 7.31. The van der Waals surface area contributed by atoms with Crippen molar-refractivity contribution >= 4 is 5.78 Å². The van der Waals surface area contributed by atoms with Crippen molar-refractivity contribution in [1.29, 1.82) is 0 Å². The molecule has 0 aliphatic heterocycles. The first kappa shape index (κ1) is 15.9. The molecule has 3 fully saturated rings. The van der Waals surface area contributed by atoms with Gasteiger partial charge in [-0.1, -0.05) is 25.5 Å². The second-order valence-corrected chi connectivity index (χ2v) is 9.44. The van der Waals surface area contributed by atoms with Gasteiger partial charge in [0.2, 0.25) is 0 Å². The van der Waals surface area contributed by atoms with Gasteiger partial charge in [0.05, 0.1) is 6.10 Å². The average molecular weight is 319 g/mol. The Balaban J connectivity index is 0.00000169. The van der Waals surface area contributed by atoms with Crippen molar-refractivity contribution in [3.8, 4) is 0 Å². The van der Waals surface area contributed by atoms with Gasteiger partial charge in [-0.3, -0.25) is 4.79 Å². The monoisotopic (exact) mass is 318 g/mol. The van der Waals surface area contributed by atoms with E-state index >= 15 is 0 Å². The van der Waals surface area contributed by atoms with Crippen LogP contribution in [0.1, 0.15) is 73.6 Å². The van der Waals surface area contributed by atoms with Crippen molar-refractivity contribution in [2.24, 2.45) is 34.5 Å². The van der Waals surface area contributed by atoms with Crippen LogP contribution in [-0.2, 0) is 4.79 Å². The summed E-state index contributed by atoms with van der Waals surface area (Å²) in [6.45, 7) is 6.70. The highest BCUT2D eigenvalue weighted by Crippen LogP contribution is 2.66. The lowest BCUT2D eigenvalue weighted by Crippen LogP contribution is -2.50. The molecule has 0 spiro atoms. The SMILES string of the molecule is CC(=O)[C@H]1CC[C@H]2[C@@H]3CC=C4C[C@@H](O)CC[C@]4(C)[C@H]3CC[C@]12C.[HH]. The van der Waals surface area contributed by atoms with E-state index in [0.717, 1.165) is 43.4 Å². The number of rotatable bonds is 1. The van der Waals surface area contributed by atoms with Crippen molar-refractivity contribution in [3.05, 3.63) is 11.6 Å². The molecule has 0 radical (unpaired) electrons. The van der Waals surface area contributed by atoms with Crippen molar-refractivity contribution in [2.45, 2.75) is 78.2 Å². The topological polar surface area (TPSA) is 37.3 Å². The molecule has 0 saturated heterocycles. The molecule has 0 bridgehead atoms. The molecule has 0 amide bonds. The van der Waals surface area contributed by atoms with Gasteiger partial charge in [-0.15, -0.1) is 0 Å². The van der Waals surface area contributed by atoms with Crippen LogP contribution in [0, 0.1) is 34.5 Å². The number of ketones is 1. The average Bonchev–Trinajstić information content (AvgIpc) is 2.85. The number of carbonyl (C=O) groups excluding carboxylic acids is 1. The molecule has 4 rings (SSSR count). The zero-order valence-corrected chi connectivity index (χ0v) is 15.0. The number of allylic oxidation sites excluding steroid dienone is 1. The molecule has 130 valence electrons. The van der Waals surface area contributed by atoms with E-state index in [4.69, 9.17) is 0 Å². The Kier molecular flexibility index (Phi) is 3.58. The van der Waals surface area contributed by atoms with Gasteiger partial charge in [0.1, 0.15) is 5.78 Å². The lowest BCUT2D eigenvalue weighted by Gasteiger charge is -2.57. The normalized spacial score (nSPS) is 52.2. The third-order valence-electron chi connectivity index (χ3n) is 8.57. The highest BCUT2D eigenvalue weighted by atomic mass is 16.3. The fourth-order valence-electron chi connectivity index (χ4n) is 7.31. The summed E-state index contributed by atoms with van der Waals surface area (Å²) in [6, 6.07) is 0. The second-order valence-electron chi connectivity index (χ2n) is 9.44. The van der Waals surface area contributed by atoms with Crippen LogP contribution < -0.4 is 0 Å². The standard InChI is InChI=1S/C21H32O2.H2/c1-13(22)17-6-7-18-16-5-4-14-12-15(23)8-10-20(14,2)19(16)9-11-21(17,18)3;/h4,15-19,23H,5-12H2,1-3H3;1H/t15-,16-,17+,18-,19-,20-,21+;/m0./s1. The van der Waals surface area contributed by atoms with Crippen molar-refractivity contribution in [1.82, 2.24) is 0 Å². The molecule has 23 heavy (non-hydrogen) atoms. The van der Waals surface area contributed by atoms with Gasteiger partial charge in [-0.25, -0.2) is 0 Å². The number of hydrogen-bond donors (Lipinski definition) is 1. The van der Waals surface area contributed by atoms with Crippen molar-refractivity contribution in [2.75, 3.05) is 0 Å². The van der Waals surface area contributed by atoms with Crippen LogP contribution in [0.3, 0.4) is 0 Å². The summed E-state index contributed by atoms with van der Waals surface area (Å²) in [5, 5.41) is 10.1. The number of Topliss-reactive ketones (excluding diaryl/α,β-unsaturated/α-hetero) is 1. The molecule has 0 aromatic rings. The van der Waals surface area contributed by atoms with Gasteiger partial charge in [-0.2, -0.15) is 0 Å². The number of aliphatic hydroxyl groups excluding tert-OH is 1. The van der Waals surface area contributed by atoms with E-state index in [1.807, 2.05) is 6.92 Å². The first-order valence-electron chi connectivity index (χ1n) is 9.74. The summed E-state index contributed by atoms with van der Waals surface area (Å²) in [5.74, 6) is 3.00. The van der Waals surface area contributed by atoms with E-state index in [-0.39, 0.29) is 12.9 Å². The summed E-state index contributed by atoms with van der Waals surface area (Å²) < 4.78 is 0. The summed E-state index contributed by atoms with van der Waals surface area (Å²) in [4.78, 5) is 12.2. The molecular weight excluding hydrogens is 284 g/mol. The van der Waals surface area contributed by atoms with E-state index in [1.54, 1.807) is 5.57 Å². The van der Waals surface area contributed by atoms with Gasteiger partial charge in [0, 0.05) is 7.34 Å². The zero-order valence-electron chi connectivity index (χ0n) is 15.0. The minimum atomic E-state index is -0.117. The van der Waals surface area contributed by atoms with Gasteiger partial charge in [-0.05, 0) is 86.9 Å². The van der Waals surface area contributed by atoms with Crippen molar-refractivity contribution in [3.63, 3.8) is 0 Å². The Labute approximate surface area is 142 Å². The maximum atomic E-state index is 12.2. The summed E-state index contributed by atoms with van der Waals surface area (Å²) in [7, 11) is 0. The predicted octanol–water partition coefficient (Wildman–Crippen LogP) is 4.76. The predicted molar refractivity (Wildman–Crippen MR) is 94.0 cm³/mol. The Hall–Kier alpha value is -0.630. The fraction of sp³-hybridized carbons (Fsp3) is 0.857. The molecule has 0 heterocycles. The quantitative estimate of drug-likeness (QED) is 0.708. The molecule has 4 aliphatic carbocycles. The number of fused-ring (bicyclic) bond motifs is 5. The van der Waals surface area contributed by atoms with Crippen LogP contribution in [0.4, 0.5) is 0 Å². The van der Waals surface area contributed by atoms with Gasteiger partial charge in [0.25, 0.3) is 0 Å². The first-order valence-corrected chi connectivity index (χ1v) is 9.74. The van der Waals surface area contributed by atoms with Crippen molar-refractivity contribution < 1.29 is 11.3 Å². The van der Waals surface area contributed by atoms with E-state index in [9.17, 15) is 9.90 Å². The second kappa shape index (κ2) is 5.18. The molecule has 2 heteroatoms. The smallest absolute Gasteiger partial charge is 0.133 e. The molecular formula is C21H34O2. The zero-order chi connectivity index (χ0) is 16.4. The Morgan fingerprint density at radius 3 is 2.70 bits per heavy atom. The van der Waals surface area contributed by atoms with E-state index in [1.165, 1.54) is 25.7 Å². The molecule has 1 N–H and O–H groups in total. The molecule has 0 aromatic heterocycles. The first-order chi connectivity index (χ1) is 10.9. The Morgan fingerprint density at radius 2 is 1.96 bits per heavy atom. The van der Waals surface area contributed by atoms with Gasteiger partial charge >= 0.3 is 0 Å². The number of carbonyl (C=O) groups is 1. The van der Waals surface area contributed by atoms with Crippen LogP contribution in [0.15, 0.2) is 11.6 Å². The summed E-state index contributed by atoms with van der Waals surface area (Å²) >= 11 is 0. The highest BCUT2D eigenvalue weighted by molar-refractivity contribution is 5.79. The van der Waals surface area contributed by atoms with Crippen LogP contribution in [0.5, 0.6) is 0 Å². The Morgan fingerprint density at radius 1 is 1.17 bits per heavy atom. The summed E-state index contributed by atoms with van der Waals surface area (Å²) in [5.41, 5.74) is 2.11. The molecule has 2 nitrogen and oxygen atoms in total. The molecule has 4 aliphatic rings. The maximum absolute atomic E-state index is 12.2. The van der Waals surface area contributed by atoms with E-state index in [2.05, 4.69) is 19.9 Å². The maximum Gasteiger partial charge on any atom is 0.133 e. The minimum absolute atomic E-state index is 0. The van der Waals surface area contributed by atoms with Crippen LogP contribution in [-0.4, -0.2) is 17.0 Å². The lowest BCUT2D eigenvalue weighted by atomic mass is 9.47. The molecule has 3 saturated carbocycles. The van der Waals surface area contributed by atoms with Crippen LogP contribution in [0.25, 0.3) is 0 Å². The van der Waals surface area contributed by atoms with E-state index in [0.29, 0.717) is 17.1 Å². The summed E-state index contributed by atoms with van der Waals surface area (Å²) in [6.07, 6.45) is 11.5. The third-order valence-corrected chi connectivity index (χ3v) is 8.57. The number of hydrogen-bond acceptors (Lipinski definition) is 2. The number of aliphatic hydroxyl groups is 1. The van der Waals surface area contributed by atoms with Gasteiger partial charge in [0.15, 0.2) is 0 Å². The van der Waals surface area contributed by atoms with E-state index < -0.39 is 0 Å². The highest BCUT2D eigenvalue weighted by Gasteiger charge is 2.59. The van der Waals surface area contributed by atoms with Gasteiger partial charge < -0.3 is 5.11 Å². The third kappa shape index (κ3) is 2.13. The molecule has 0 unspecified atom stereocenters. The van der Waals surface area contributed by atoms with Crippen LogP contribution >= 0.6 is 0 Å². The van der Waals surface area contributed by atoms with Crippen LogP contribution in [0.2, 0.25) is 0 Å². The molecule has 0 aromatic carbocycles. The minimum Gasteiger partial charge on any atom is -0.393 e.